The molecule has 1 amide bonds. The second-order valence-electron chi connectivity index (χ2n) is 3.72. The minimum atomic E-state index is -0.837. The van der Waals surface area contributed by atoms with E-state index in [2.05, 4.69) is 0 Å². The van der Waals surface area contributed by atoms with Gasteiger partial charge in [-0.1, -0.05) is 0 Å². The number of carboxylic acid groups (broad SMARTS) is 1. The van der Waals surface area contributed by atoms with Crippen LogP contribution in [0.3, 0.4) is 0 Å². The Labute approximate surface area is 89.0 Å². The van der Waals surface area contributed by atoms with E-state index in [0.717, 1.165) is 12.8 Å². The minimum Gasteiger partial charge on any atom is -0.481 e. The number of likely N-dealkylation sites (tertiary alicyclic amines) is 1. The van der Waals surface area contributed by atoms with Gasteiger partial charge in [-0.15, -0.1) is 0 Å². The summed E-state index contributed by atoms with van der Waals surface area (Å²) in [5, 5.41) is 8.42. The standard InChI is InChI=1S/C10H17NO4/c1-8(12)11-5-2-9(3-6-11)15-7-4-10(13)14/h9H,2-7H2,1H3,(H,13,14). The molecule has 5 nitrogen and oxygen atoms in total. The first-order chi connectivity index (χ1) is 7.09. The first-order valence-electron chi connectivity index (χ1n) is 5.18. The van der Waals surface area contributed by atoms with Crippen molar-refractivity contribution in [1.29, 1.82) is 0 Å². The number of carboxylic acids is 1. The Bertz CT molecular complexity index is 231. The fourth-order valence-corrected chi connectivity index (χ4v) is 1.65. The molecule has 1 fully saturated rings. The van der Waals surface area contributed by atoms with E-state index >= 15 is 0 Å². The van der Waals surface area contributed by atoms with Crippen LogP contribution in [-0.4, -0.2) is 47.7 Å². The summed E-state index contributed by atoms with van der Waals surface area (Å²) in [7, 11) is 0. The highest BCUT2D eigenvalue weighted by Gasteiger charge is 2.20. The van der Waals surface area contributed by atoms with Gasteiger partial charge >= 0.3 is 5.97 Å². The Hall–Kier alpha value is -1.10. The van der Waals surface area contributed by atoms with Crippen molar-refractivity contribution in [2.24, 2.45) is 0 Å². The lowest BCUT2D eigenvalue weighted by Crippen LogP contribution is -2.39. The van der Waals surface area contributed by atoms with Crippen molar-refractivity contribution >= 4 is 11.9 Å². The summed E-state index contributed by atoms with van der Waals surface area (Å²) in [5.74, 6) is -0.741. The largest absolute Gasteiger partial charge is 0.481 e. The van der Waals surface area contributed by atoms with Crippen LogP contribution in [0.5, 0.6) is 0 Å². The Morgan fingerprint density at radius 2 is 2.00 bits per heavy atom. The third kappa shape index (κ3) is 4.29. The van der Waals surface area contributed by atoms with Crippen molar-refractivity contribution < 1.29 is 19.4 Å². The average Bonchev–Trinajstić information content (AvgIpc) is 2.18. The number of carbonyl (C=O) groups is 2. The number of hydrogen-bond acceptors (Lipinski definition) is 3. The zero-order valence-electron chi connectivity index (χ0n) is 8.94. The number of hydrogen-bond donors (Lipinski definition) is 1. The minimum absolute atomic E-state index is 0.0485. The van der Waals surface area contributed by atoms with Crippen LogP contribution in [0.1, 0.15) is 26.2 Å². The summed E-state index contributed by atoms with van der Waals surface area (Å²) in [4.78, 5) is 23.1. The van der Waals surface area contributed by atoms with Crippen LogP contribution in [0.25, 0.3) is 0 Å². The van der Waals surface area contributed by atoms with E-state index in [1.807, 2.05) is 0 Å². The van der Waals surface area contributed by atoms with Gasteiger partial charge in [0, 0.05) is 20.0 Å². The van der Waals surface area contributed by atoms with Gasteiger partial charge in [0.2, 0.25) is 5.91 Å². The van der Waals surface area contributed by atoms with Crippen LogP contribution in [0.4, 0.5) is 0 Å². The van der Waals surface area contributed by atoms with Crippen LogP contribution >= 0.6 is 0 Å². The molecule has 0 bridgehead atoms. The SMILES string of the molecule is CC(=O)N1CCC(OCCC(=O)O)CC1. The third-order valence-electron chi connectivity index (χ3n) is 2.56. The maximum atomic E-state index is 11.0. The molecule has 0 spiro atoms. The highest BCUT2D eigenvalue weighted by molar-refractivity contribution is 5.73. The number of amides is 1. The summed E-state index contributed by atoms with van der Waals surface area (Å²) in [6, 6.07) is 0. The Morgan fingerprint density at radius 1 is 1.40 bits per heavy atom. The van der Waals surface area contributed by atoms with Gasteiger partial charge in [0.25, 0.3) is 0 Å². The van der Waals surface area contributed by atoms with Crippen molar-refractivity contribution in [3.8, 4) is 0 Å². The quantitative estimate of drug-likeness (QED) is 0.741. The van der Waals surface area contributed by atoms with Gasteiger partial charge in [-0.3, -0.25) is 9.59 Å². The number of nitrogens with zero attached hydrogens (tertiary/aromatic N) is 1. The van der Waals surface area contributed by atoms with E-state index in [9.17, 15) is 9.59 Å². The van der Waals surface area contributed by atoms with Crippen molar-refractivity contribution in [2.45, 2.75) is 32.3 Å². The number of aliphatic carboxylic acids is 1. The molecule has 0 saturated carbocycles. The molecule has 1 heterocycles. The molecule has 1 rings (SSSR count). The molecule has 15 heavy (non-hydrogen) atoms. The Morgan fingerprint density at radius 3 is 2.47 bits per heavy atom. The van der Waals surface area contributed by atoms with E-state index in [1.165, 1.54) is 0 Å². The van der Waals surface area contributed by atoms with Gasteiger partial charge < -0.3 is 14.7 Å². The molecule has 5 heteroatoms. The Kier molecular flexibility index (Phi) is 4.55. The monoisotopic (exact) mass is 215 g/mol. The van der Waals surface area contributed by atoms with Crippen LogP contribution in [0.2, 0.25) is 0 Å². The van der Waals surface area contributed by atoms with E-state index < -0.39 is 5.97 Å². The van der Waals surface area contributed by atoms with Crippen LogP contribution in [0, 0.1) is 0 Å². The number of carbonyl (C=O) groups excluding carboxylic acids is 1. The van der Waals surface area contributed by atoms with Crippen LogP contribution in [-0.2, 0) is 14.3 Å². The zero-order chi connectivity index (χ0) is 11.3. The number of piperidine rings is 1. The first-order valence-corrected chi connectivity index (χ1v) is 5.18. The molecule has 0 aromatic carbocycles. The van der Waals surface area contributed by atoms with Gasteiger partial charge in [-0.25, -0.2) is 0 Å². The molecular weight excluding hydrogens is 198 g/mol. The maximum Gasteiger partial charge on any atom is 0.305 e. The van der Waals surface area contributed by atoms with Gasteiger partial charge in [0.15, 0.2) is 0 Å². The van der Waals surface area contributed by atoms with Gasteiger partial charge in [0.05, 0.1) is 19.1 Å². The van der Waals surface area contributed by atoms with Crippen molar-refractivity contribution in [1.82, 2.24) is 4.90 Å². The average molecular weight is 215 g/mol. The van der Waals surface area contributed by atoms with Gasteiger partial charge in [-0.05, 0) is 12.8 Å². The van der Waals surface area contributed by atoms with Gasteiger partial charge in [0.1, 0.15) is 0 Å². The molecule has 1 N–H and O–H groups in total. The lowest BCUT2D eigenvalue weighted by Gasteiger charge is -2.31. The lowest BCUT2D eigenvalue weighted by molar-refractivity contribution is -0.139. The maximum absolute atomic E-state index is 11.0. The molecule has 0 atom stereocenters. The molecule has 1 aliphatic heterocycles. The summed E-state index contributed by atoms with van der Waals surface area (Å²) < 4.78 is 5.40. The molecule has 0 aromatic heterocycles. The summed E-state index contributed by atoms with van der Waals surface area (Å²) >= 11 is 0. The van der Waals surface area contributed by atoms with Crippen molar-refractivity contribution in [3.63, 3.8) is 0 Å². The molecule has 0 aliphatic carbocycles. The molecule has 0 unspecified atom stereocenters. The summed E-state index contributed by atoms with van der Waals surface area (Å²) in [6.07, 6.45) is 1.77. The van der Waals surface area contributed by atoms with Crippen molar-refractivity contribution in [3.05, 3.63) is 0 Å². The van der Waals surface area contributed by atoms with E-state index in [4.69, 9.17) is 9.84 Å². The summed E-state index contributed by atoms with van der Waals surface area (Å²) in [5.41, 5.74) is 0. The second-order valence-corrected chi connectivity index (χ2v) is 3.72. The van der Waals surface area contributed by atoms with Gasteiger partial charge in [-0.2, -0.15) is 0 Å². The molecule has 0 radical (unpaired) electrons. The molecule has 1 aliphatic rings. The molecule has 1 saturated heterocycles. The molecular formula is C10H17NO4. The zero-order valence-corrected chi connectivity index (χ0v) is 8.94. The fraction of sp³-hybridized carbons (Fsp3) is 0.800. The normalized spacial score (nSPS) is 17.8. The smallest absolute Gasteiger partial charge is 0.305 e. The third-order valence-corrected chi connectivity index (χ3v) is 2.56. The Balaban J connectivity index is 2.14. The van der Waals surface area contributed by atoms with Crippen LogP contribution < -0.4 is 0 Å². The molecule has 86 valence electrons. The number of ether oxygens (including phenoxy) is 1. The van der Waals surface area contributed by atoms with Crippen molar-refractivity contribution in [2.75, 3.05) is 19.7 Å². The second kappa shape index (κ2) is 5.70. The summed E-state index contributed by atoms with van der Waals surface area (Å²) in [6.45, 7) is 3.26. The van der Waals surface area contributed by atoms with E-state index in [-0.39, 0.29) is 25.0 Å². The highest BCUT2D eigenvalue weighted by atomic mass is 16.5. The van der Waals surface area contributed by atoms with E-state index in [1.54, 1.807) is 11.8 Å². The predicted molar refractivity (Wildman–Crippen MR) is 53.5 cm³/mol. The predicted octanol–water partition coefficient (Wildman–Crippen LogP) is 0.489. The topological polar surface area (TPSA) is 66.8 Å². The van der Waals surface area contributed by atoms with Crippen LogP contribution in [0.15, 0.2) is 0 Å². The lowest BCUT2D eigenvalue weighted by atomic mass is 10.1. The fourth-order valence-electron chi connectivity index (χ4n) is 1.65. The van der Waals surface area contributed by atoms with E-state index in [0.29, 0.717) is 13.1 Å². The first kappa shape index (κ1) is 12.0. The number of rotatable bonds is 4. The molecule has 0 aromatic rings. The highest BCUT2D eigenvalue weighted by Crippen LogP contribution is 2.13.